The molecule has 0 saturated carbocycles. The van der Waals surface area contributed by atoms with Crippen LogP contribution in [0.1, 0.15) is 0 Å². The normalized spacial score (nSPS) is 10.6. The first-order valence-corrected chi connectivity index (χ1v) is 10.0. The van der Waals surface area contributed by atoms with Crippen molar-refractivity contribution in [3.63, 3.8) is 0 Å². The third-order valence-electron chi connectivity index (χ3n) is 4.77. The summed E-state index contributed by atoms with van der Waals surface area (Å²) in [5.74, 6) is 0. The van der Waals surface area contributed by atoms with E-state index in [9.17, 15) is 4.79 Å². The number of urea groups is 1. The number of nitrogens with one attached hydrogen (secondary N) is 2. The van der Waals surface area contributed by atoms with Crippen molar-refractivity contribution in [2.45, 2.75) is 0 Å². The van der Waals surface area contributed by atoms with Gasteiger partial charge in [0, 0.05) is 23.8 Å². The first-order chi connectivity index (χ1) is 15.8. The van der Waals surface area contributed by atoms with Gasteiger partial charge in [0.05, 0.1) is 22.4 Å². The van der Waals surface area contributed by atoms with Gasteiger partial charge >= 0.3 is 6.03 Å². The van der Waals surface area contributed by atoms with Crippen LogP contribution in [0.3, 0.4) is 0 Å². The Balaban J connectivity index is 1.52. The first kappa shape index (κ1) is 19.3. The highest BCUT2D eigenvalue weighted by Crippen LogP contribution is 2.29. The Bertz CT molecular complexity index is 1380. The molecule has 7 nitrogen and oxygen atoms in total. The van der Waals surface area contributed by atoms with E-state index < -0.39 is 0 Å². The van der Waals surface area contributed by atoms with Crippen molar-refractivity contribution in [3.8, 4) is 22.8 Å². The number of carbonyl (C=O) groups excluding carboxylic acids is 1. The maximum absolute atomic E-state index is 12.4. The van der Waals surface area contributed by atoms with E-state index >= 15 is 0 Å². The van der Waals surface area contributed by atoms with Gasteiger partial charge in [-0.2, -0.15) is 0 Å². The lowest BCUT2D eigenvalue weighted by Crippen LogP contribution is -2.19. The van der Waals surface area contributed by atoms with E-state index in [-0.39, 0.29) is 6.03 Å². The van der Waals surface area contributed by atoms with Gasteiger partial charge in [0.15, 0.2) is 0 Å². The number of carbonyl (C=O) groups is 1. The molecule has 2 aromatic carbocycles. The minimum Gasteiger partial charge on any atom is -0.308 e. The number of aromatic nitrogens is 4. The summed E-state index contributed by atoms with van der Waals surface area (Å²) in [4.78, 5) is 30.9. The molecule has 0 aliphatic rings. The summed E-state index contributed by atoms with van der Waals surface area (Å²) in [5.41, 5.74) is 5.35. The molecule has 0 bridgehead atoms. The van der Waals surface area contributed by atoms with Crippen LogP contribution in [-0.2, 0) is 0 Å². The average Bonchev–Trinajstić information content (AvgIpc) is 2.85. The zero-order valence-electron chi connectivity index (χ0n) is 16.9. The topological polar surface area (TPSA) is 92.7 Å². The van der Waals surface area contributed by atoms with Gasteiger partial charge in [-0.05, 0) is 54.6 Å². The van der Waals surface area contributed by atoms with Crippen LogP contribution >= 0.6 is 0 Å². The lowest BCUT2D eigenvalue weighted by Gasteiger charge is -2.11. The molecule has 0 aliphatic carbocycles. The van der Waals surface area contributed by atoms with Crippen molar-refractivity contribution in [3.05, 3.63) is 97.3 Å². The van der Waals surface area contributed by atoms with Crippen molar-refractivity contribution < 1.29 is 4.79 Å². The number of amides is 2. The van der Waals surface area contributed by atoms with Gasteiger partial charge in [-0.3, -0.25) is 9.97 Å². The molecule has 0 fully saturated rings. The predicted octanol–water partition coefficient (Wildman–Crippen LogP) is 5.40. The van der Waals surface area contributed by atoms with Crippen molar-refractivity contribution in [2.24, 2.45) is 0 Å². The van der Waals surface area contributed by atoms with Gasteiger partial charge in [0.1, 0.15) is 11.4 Å². The Morgan fingerprint density at radius 3 is 1.81 bits per heavy atom. The van der Waals surface area contributed by atoms with Gasteiger partial charge in [-0.25, -0.2) is 14.8 Å². The fourth-order valence-corrected chi connectivity index (χ4v) is 3.31. The standard InChI is InChI=1S/C25H18N6O/c32-25(28-17-8-2-1-3-9-17)29-18-12-13-19-22(16-18)31-24(21-11-5-7-15-27-21)23(30-19)20-10-4-6-14-26-20/h1-16H,(H2,28,29,32). The molecule has 154 valence electrons. The highest BCUT2D eigenvalue weighted by Gasteiger charge is 2.15. The molecule has 0 aliphatic heterocycles. The SMILES string of the molecule is O=C(Nc1ccccc1)Nc1ccc2nc(-c3ccccn3)c(-c3ccccn3)nc2c1. The fourth-order valence-electron chi connectivity index (χ4n) is 3.31. The quantitative estimate of drug-likeness (QED) is 0.408. The van der Waals surface area contributed by atoms with E-state index in [0.717, 1.165) is 0 Å². The van der Waals surface area contributed by atoms with E-state index in [1.54, 1.807) is 24.5 Å². The highest BCUT2D eigenvalue weighted by molar-refractivity contribution is 6.00. The monoisotopic (exact) mass is 418 g/mol. The molecule has 32 heavy (non-hydrogen) atoms. The van der Waals surface area contributed by atoms with Gasteiger partial charge in [-0.15, -0.1) is 0 Å². The summed E-state index contributed by atoms with van der Waals surface area (Å²) in [6, 6.07) is 25.7. The van der Waals surface area contributed by atoms with Crippen LogP contribution in [0.5, 0.6) is 0 Å². The smallest absolute Gasteiger partial charge is 0.308 e. The summed E-state index contributed by atoms with van der Waals surface area (Å²) in [6.07, 6.45) is 3.44. The summed E-state index contributed by atoms with van der Waals surface area (Å²) in [7, 11) is 0. The largest absolute Gasteiger partial charge is 0.323 e. The van der Waals surface area contributed by atoms with Crippen LogP contribution < -0.4 is 10.6 Å². The molecule has 5 aromatic rings. The summed E-state index contributed by atoms with van der Waals surface area (Å²) in [5, 5.41) is 5.64. The molecule has 5 rings (SSSR count). The molecule has 0 radical (unpaired) electrons. The van der Waals surface area contributed by atoms with Gasteiger partial charge < -0.3 is 10.6 Å². The highest BCUT2D eigenvalue weighted by atomic mass is 16.2. The van der Waals surface area contributed by atoms with Crippen LogP contribution in [0.4, 0.5) is 16.2 Å². The third-order valence-corrected chi connectivity index (χ3v) is 4.77. The lowest BCUT2D eigenvalue weighted by molar-refractivity contribution is 0.262. The van der Waals surface area contributed by atoms with E-state index in [1.165, 1.54) is 0 Å². The number of hydrogen-bond acceptors (Lipinski definition) is 5. The molecule has 0 spiro atoms. The van der Waals surface area contributed by atoms with E-state index in [0.29, 0.717) is 45.2 Å². The Hall–Kier alpha value is -4.65. The number of hydrogen-bond donors (Lipinski definition) is 2. The summed E-state index contributed by atoms with van der Waals surface area (Å²) in [6.45, 7) is 0. The second kappa shape index (κ2) is 8.61. The van der Waals surface area contributed by atoms with E-state index in [2.05, 4.69) is 20.6 Å². The second-order valence-electron chi connectivity index (χ2n) is 7.00. The number of nitrogens with zero attached hydrogens (tertiary/aromatic N) is 4. The lowest BCUT2D eigenvalue weighted by atomic mass is 10.1. The summed E-state index contributed by atoms with van der Waals surface area (Å²) >= 11 is 0. The van der Waals surface area contributed by atoms with Crippen LogP contribution in [-0.4, -0.2) is 26.0 Å². The van der Waals surface area contributed by atoms with Crippen LogP contribution in [0, 0.1) is 0 Å². The molecule has 0 unspecified atom stereocenters. The van der Waals surface area contributed by atoms with Crippen LogP contribution in [0.15, 0.2) is 97.3 Å². The Morgan fingerprint density at radius 1 is 0.594 bits per heavy atom. The minimum absolute atomic E-state index is 0.335. The van der Waals surface area contributed by atoms with Gasteiger partial charge in [0.2, 0.25) is 0 Å². The molecule has 0 atom stereocenters. The molecule has 2 amide bonds. The van der Waals surface area contributed by atoms with Gasteiger partial charge in [-0.1, -0.05) is 30.3 Å². The van der Waals surface area contributed by atoms with Crippen molar-refractivity contribution in [2.75, 3.05) is 10.6 Å². The number of fused-ring (bicyclic) bond motifs is 1. The fraction of sp³-hybridized carbons (Fsp3) is 0. The van der Waals surface area contributed by atoms with Gasteiger partial charge in [0.25, 0.3) is 0 Å². The molecular formula is C25H18N6O. The Labute approximate surface area is 184 Å². The first-order valence-electron chi connectivity index (χ1n) is 10.0. The molecule has 3 aromatic heterocycles. The maximum atomic E-state index is 12.4. The second-order valence-corrected chi connectivity index (χ2v) is 7.00. The van der Waals surface area contributed by atoms with Crippen molar-refractivity contribution >= 4 is 28.4 Å². The predicted molar refractivity (Wildman–Crippen MR) is 125 cm³/mol. The molecule has 2 N–H and O–H groups in total. The third kappa shape index (κ3) is 4.13. The summed E-state index contributed by atoms with van der Waals surface area (Å²) < 4.78 is 0. The Morgan fingerprint density at radius 2 is 1.19 bits per heavy atom. The number of benzene rings is 2. The van der Waals surface area contributed by atoms with Crippen molar-refractivity contribution in [1.29, 1.82) is 0 Å². The molecular weight excluding hydrogens is 400 g/mol. The number of anilines is 2. The van der Waals surface area contributed by atoms with E-state index in [4.69, 9.17) is 9.97 Å². The van der Waals surface area contributed by atoms with Crippen molar-refractivity contribution in [1.82, 2.24) is 19.9 Å². The number of rotatable bonds is 4. The van der Waals surface area contributed by atoms with Crippen LogP contribution in [0.25, 0.3) is 33.8 Å². The minimum atomic E-state index is -0.335. The maximum Gasteiger partial charge on any atom is 0.323 e. The van der Waals surface area contributed by atoms with E-state index in [1.807, 2.05) is 72.8 Å². The molecule has 3 heterocycles. The zero-order chi connectivity index (χ0) is 21.8. The molecule has 0 saturated heterocycles. The zero-order valence-corrected chi connectivity index (χ0v) is 16.9. The number of pyridine rings is 2. The average molecular weight is 418 g/mol. The molecule has 7 heteroatoms. The van der Waals surface area contributed by atoms with Crippen LogP contribution in [0.2, 0.25) is 0 Å². The number of para-hydroxylation sites is 1. The Kier molecular flexibility index (Phi) is 5.20.